The molecule has 0 aromatic heterocycles. The predicted molar refractivity (Wildman–Crippen MR) is 41.6 cm³/mol. The summed E-state index contributed by atoms with van der Waals surface area (Å²) in [6.45, 7) is -0.537. The summed E-state index contributed by atoms with van der Waals surface area (Å²) in [7, 11) is 0. The van der Waals surface area contributed by atoms with Crippen molar-refractivity contribution in [2.75, 3.05) is 13.1 Å². The lowest BCUT2D eigenvalue weighted by atomic mass is 10.2. The van der Waals surface area contributed by atoms with E-state index in [1.54, 1.807) is 0 Å². The molecular formula is C8H12F3N. The molecule has 12 heavy (non-hydrogen) atoms. The zero-order valence-corrected chi connectivity index (χ0v) is 6.75. The summed E-state index contributed by atoms with van der Waals surface area (Å²) in [5.41, 5.74) is 0. The minimum absolute atomic E-state index is 0.376. The zero-order chi connectivity index (χ0) is 9.45. The Morgan fingerprint density at radius 2 is 1.92 bits per heavy atom. The topological polar surface area (TPSA) is 12.0 Å². The Balaban J connectivity index is 3.07. The van der Waals surface area contributed by atoms with Crippen LogP contribution in [0.4, 0.5) is 13.2 Å². The Morgan fingerprint density at radius 1 is 1.25 bits per heavy atom. The van der Waals surface area contributed by atoms with Crippen molar-refractivity contribution < 1.29 is 13.2 Å². The van der Waals surface area contributed by atoms with Gasteiger partial charge in [0.05, 0.1) is 6.54 Å². The van der Waals surface area contributed by atoms with E-state index >= 15 is 0 Å². The lowest BCUT2D eigenvalue weighted by Crippen LogP contribution is -2.29. The molecule has 0 aromatic rings. The SMILES string of the molecule is C#CCCCCNCC(F)(F)F. The summed E-state index contributed by atoms with van der Waals surface area (Å²) in [5, 5.41) is 2.29. The number of nitrogens with one attached hydrogen (secondary N) is 1. The molecule has 0 aromatic carbocycles. The number of terminal acetylenes is 1. The molecule has 1 N–H and O–H groups in total. The summed E-state index contributed by atoms with van der Waals surface area (Å²) in [6.07, 6.45) is 2.96. The molecule has 0 fully saturated rings. The van der Waals surface area contributed by atoms with Crippen LogP contribution in [0.1, 0.15) is 19.3 Å². The molecule has 0 heterocycles. The predicted octanol–water partition coefficient (Wildman–Crippen LogP) is 1.94. The van der Waals surface area contributed by atoms with Gasteiger partial charge in [-0.3, -0.25) is 0 Å². The standard InChI is InChI=1S/C8H12F3N/c1-2-3-4-5-6-12-7-8(9,10)11/h1,12H,3-7H2. The largest absolute Gasteiger partial charge is 0.401 e. The minimum Gasteiger partial charge on any atom is -0.309 e. The van der Waals surface area contributed by atoms with E-state index < -0.39 is 12.7 Å². The molecule has 0 saturated heterocycles. The highest BCUT2D eigenvalue weighted by molar-refractivity contribution is 4.82. The number of unbranched alkanes of at least 4 members (excludes halogenated alkanes) is 2. The average Bonchev–Trinajstić information content (AvgIpc) is 1.94. The monoisotopic (exact) mass is 179 g/mol. The maximum Gasteiger partial charge on any atom is 0.401 e. The molecule has 0 rings (SSSR count). The molecule has 0 aliphatic rings. The molecule has 0 unspecified atom stereocenters. The summed E-state index contributed by atoms with van der Waals surface area (Å²) in [4.78, 5) is 0. The number of alkyl halides is 3. The first-order valence-electron chi connectivity index (χ1n) is 3.77. The van der Waals surface area contributed by atoms with Crippen LogP contribution in [0.2, 0.25) is 0 Å². The van der Waals surface area contributed by atoms with Crippen molar-refractivity contribution >= 4 is 0 Å². The van der Waals surface area contributed by atoms with Gasteiger partial charge in [0.1, 0.15) is 0 Å². The third kappa shape index (κ3) is 9.31. The van der Waals surface area contributed by atoms with Gasteiger partial charge in [-0.25, -0.2) is 0 Å². The van der Waals surface area contributed by atoms with Crippen LogP contribution < -0.4 is 5.32 Å². The number of hydrogen-bond acceptors (Lipinski definition) is 1. The second-order valence-electron chi connectivity index (χ2n) is 2.45. The normalized spacial score (nSPS) is 11.2. The van der Waals surface area contributed by atoms with Crippen LogP contribution >= 0.6 is 0 Å². The van der Waals surface area contributed by atoms with E-state index in [-0.39, 0.29) is 0 Å². The van der Waals surface area contributed by atoms with Crippen molar-refractivity contribution in [3.8, 4) is 12.3 Å². The fourth-order valence-electron chi connectivity index (χ4n) is 0.707. The van der Waals surface area contributed by atoms with E-state index in [1.807, 2.05) is 0 Å². The van der Waals surface area contributed by atoms with Gasteiger partial charge in [0.25, 0.3) is 0 Å². The van der Waals surface area contributed by atoms with Gasteiger partial charge in [0.2, 0.25) is 0 Å². The summed E-state index contributed by atoms with van der Waals surface area (Å²) < 4.78 is 34.6. The molecule has 0 amide bonds. The van der Waals surface area contributed by atoms with Crippen LogP contribution in [0.15, 0.2) is 0 Å². The quantitative estimate of drug-likeness (QED) is 0.502. The highest BCUT2D eigenvalue weighted by Crippen LogP contribution is 2.11. The molecule has 0 radical (unpaired) electrons. The smallest absolute Gasteiger partial charge is 0.309 e. The summed E-state index contributed by atoms with van der Waals surface area (Å²) >= 11 is 0. The first-order chi connectivity index (χ1) is 5.56. The van der Waals surface area contributed by atoms with Crippen LogP contribution in [-0.2, 0) is 0 Å². The molecule has 0 spiro atoms. The summed E-state index contributed by atoms with van der Waals surface area (Å²) in [5.74, 6) is 2.42. The van der Waals surface area contributed by atoms with Gasteiger partial charge in [0.15, 0.2) is 0 Å². The van der Waals surface area contributed by atoms with Crippen molar-refractivity contribution in [2.45, 2.75) is 25.4 Å². The third-order valence-corrected chi connectivity index (χ3v) is 1.25. The van der Waals surface area contributed by atoms with Gasteiger partial charge in [-0.2, -0.15) is 13.2 Å². The fraction of sp³-hybridized carbons (Fsp3) is 0.750. The van der Waals surface area contributed by atoms with Crippen LogP contribution in [0, 0.1) is 12.3 Å². The van der Waals surface area contributed by atoms with E-state index in [0.29, 0.717) is 19.4 Å². The van der Waals surface area contributed by atoms with E-state index in [4.69, 9.17) is 6.42 Å². The van der Waals surface area contributed by atoms with Gasteiger partial charge in [-0.15, -0.1) is 12.3 Å². The molecular weight excluding hydrogens is 167 g/mol. The Bertz CT molecular complexity index is 145. The van der Waals surface area contributed by atoms with Crippen LogP contribution in [0.3, 0.4) is 0 Å². The van der Waals surface area contributed by atoms with Gasteiger partial charge < -0.3 is 5.32 Å². The molecule has 0 bridgehead atoms. The van der Waals surface area contributed by atoms with E-state index in [2.05, 4.69) is 11.2 Å². The van der Waals surface area contributed by atoms with Crippen molar-refractivity contribution in [1.82, 2.24) is 5.32 Å². The van der Waals surface area contributed by atoms with Gasteiger partial charge in [-0.05, 0) is 19.4 Å². The van der Waals surface area contributed by atoms with E-state index in [1.165, 1.54) is 0 Å². The van der Waals surface area contributed by atoms with Crippen LogP contribution in [0.25, 0.3) is 0 Å². The van der Waals surface area contributed by atoms with Gasteiger partial charge in [0, 0.05) is 6.42 Å². The lowest BCUT2D eigenvalue weighted by molar-refractivity contribution is -0.124. The molecule has 70 valence electrons. The maximum atomic E-state index is 11.5. The molecule has 4 heteroatoms. The fourth-order valence-corrected chi connectivity index (χ4v) is 0.707. The number of rotatable bonds is 5. The third-order valence-electron chi connectivity index (χ3n) is 1.25. The van der Waals surface area contributed by atoms with Gasteiger partial charge in [-0.1, -0.05) is 0 Å². The highest BCUT2D eigenvalue weighted by atomic mass is 19.4. The minimum atomic E-state index is -4.11. The molecule has 1 nitrogen and oxygen atoms in total. The number of halogens is 3. The van der Waals surface area contributed by atoms with E-state index in [9.17, 15) is 13.2 Å². The van der Waals surface area contributed by atoms with Crippen LogP contribution in [0.5, 0.6) is 0 Å². The van der Waals surface area contributed by atoms with E-state index in [0.717, 1.165) is 6.42 Å². The Kier molecular flexibility index (Phi) is 5.56. The Hall–Kier alpha value is -0.690. The van der Waals surface area contributed by atoms with Crippen molar-refractivity contribution in [3.63, 3.8) is 0 Å². The molecule has 0 aliphatic carbocycles. The second-order valence-corrected chi connectivity index (χ2v) is 2.45. The Labute approximate surface area is 70.3 Å². The van der Waals surface area contributed by atoms with Gasteiger partial charge >= 0.3 is 6.18 Å². The van der Waals surface area contributed by atoms with Crippen molar-refractivity contribution in [2.24, 2.45) is 0 Å². The lowest BCUT2D eigenvalue weighted by Gasteiger charge is -2.06. The first kappa shape index (κ1) is 11.3. The molecule has 0 atom stereocenters. The molecule has 0 aliphatic heterocycles. The summed E-state index contributed by atoms with van der Waals surface area (Å²) in [6, 6.07) is 0. The number of hydrogen-bond donors (Lipinski definition) is 1. The average molecular weight is 179 g/mol. The second kappa shape index (κ2) is 5.90. The highest BCUT2D eigenvalue weighted by Gasteiger charge is 2.25. The maximum absolute atomic E-state index is 11.5. The van der Waals surface area contributed by atoms with Crippen LogP contribution in [-0.4, -0.2) is 19.3 Å². The van der Waals surface area contributed by atoms with Crippen molar-refractivity contribution in [3.05, 3.63) is 0 Å². The zero-order valence-electron chi connectivity index (χ0n) is 6.75. The first-order valence-corrected chi connectivity index (χ1v) is 3.77. The molecule has 0 saturated carbocycles. The van der Waals surface area contributed by atoms with Crippen molar-refractivity contribution in [1.29, 1.82) is 0 Å². The Morgan fingerprint density at radius 3 is 2.42 bits per heavy atom.